The van der Waals surface area contributed by atoms with E-state index >= 15 is 14.4 Å². The van der Waals surface area contributed by atoms with Gasteiger partial charge in [0.25, 0.3) is 5.60 Å². The molecule has 2 aromatic rings. The Bertz CT molecular complexity index is 2200. The SMILES string of the molecule is CC[C@H](C)C[C@H](C)/C=C/C(=O)O[C@@H]1[C@@H](O[Si](CC)(CC)CC)[C@@]2(CCC(O)[C@@H](OCOCc3ccc(OC)cc3)[C@H](C)Cc3ccccc3)O[C@H](C(=O)OC(C)(C)C)[C@@](O)(C(=O)OC(C)(C)C)[C@]1(C(=O)OC(C)(C)C)O2. The van der Waals surface area contributed by atoms with E-state index in [9.17, 15) is 15.0 Å². The summed E-state index contributed by atoms with van der Waals surface area (Å²) in [6.45, 7) is 28.1. The number of hydrogen-bond donors (Lipinski definition) is 2. The summed E-state index contributed by atoms with van der Waals surface area (Å²) < 4.78 is 63.5. The highest BCUT2D eigenvalue weighted by Gasteiger charge is 2.87. The number of hydrogen-bond acceptors (Lipinski definition) is 16. The third-order valence-electron chi connectivity index (χ3n) is 14.2. The lowest BCUT2D eigenvalue weighted by Gasteiger charge is -2.51. The maximum absolute atomic E-state index is 15.7. The van der Waals surface area contributed by atoms with Crippen LogP contribution in [-0.2, 0) is 74.5 Å². The van der Waals surface area contributed by atoms with Crippen molar-refractivity contribution in [1.29, 1.82) is 0 Å². The van der Waals surface area contributed by atoms with Gasteiger partial charge in [0.15, 0.2) is 20.2 Å². The van der Waals surface area contributed by atoms with Crippen molar-refractivity contribution < 1.29 is 76.4 Å². The van der Waals surface area contributed by atoms with Crippen LogP contribution >= 0.6 is 0 Å². The summed E-state index contributed by atoms with van der Waals surface area (Å²) >= 11 is 0. The summed E-state index contributed by atoms with van der Waals surface area (Å²) in [7, 11) is -1.41. The quantitative estimate of drug-likeness (QED) is 0.0214. The Morgan fingerprint density at radius 1 is 0.776 bits per heavy atom. The van der Waals surface area contributed by atoms with Crippen molar-refractivity contribution >= 4 is 32.2 Å². The van der Waals surface area contributed by atoms with Crippen LogP contribution in [0.3, 0.4) is 0 Å². The molecule has 4 rings (SSSR count). The lowest BCUT2D eigenvalue weighted by atomic mass is 9.74. The maximum atomic E-state index is 15.7. The molecule has 2 aromatic carbocycles. The fourth-order valence-electron chi connectivity index (χ4n) is 9.94. The number of allylic oxidation sites excluding steroid dienone is 1. The van der Waals surface area contributed by atoms with Gasteiger partial charge in [-0.25, -0.2) is 19.2 Å². The Hall–Kier alpha value is -4.20. The van der Waals surface area contributed by atoms with E-state index in [1.807, 2.05) is 89.2 Å². The van der Waals surface area contributed by atoms with Crippen LogP contribution in [0, 0.1) is 17.8 Å². The molecule has 0 aliphatic carbocycles. The number of aliphatic hydroxyl groups excluding tert-OH is 1. The van der Waals surface area contributed by atoms with Gasteiger partial charge in [-0.15, -0.1) is 0 Å². The van der Waals surface area contributed by atoms with E-state index in [1.165, 1.54) is 6.08 Å². The molecular weight excluding hydrogens is 993 g/mol. The van der Waals surface area contributed by atoms with Gasteiger partial charge >= 0.3 is 23.9 Å². The number of carbonyl (C=O) groups excluding carboxylic acids is 4. The molecular formula is C59H92O16Si. The first kappa shape index (κ1) is 64.3. The van der Waals surface area contributed by atoms with Crippen molar-refractivity contribution in [2.24, 2.45) is 17.8 Å². The van der Waals surface area contributed by atoms with E-state index in [2.05, 4.69) is 13.8 Å². The van der Waals surface area contributed by atoms with Crippen molar-refractivity contribution in [2.75, 3.05) is 13.9 Å². The minimum atomic E-state index is -3.49. The highest BCUT2D eigenvalue weighted by molar-refractivity contribution is 6.73. The fraction of sp³-hybridized carbons (Fsp3) is 0.695. The zero-order chi connectivity index (χ0) is 57.1. The summed E-state index contributed by atoms with van der Waals surface area (Å²) in [4.78, 5) is 60.6. The second-order valence-electron chi connectivity index (χ2n) is 23.9. The van der Waals surface area contributed by atoms with Gasteiger partial charge in [-0.1, -0.05) is 103 Å². The number of carbonyl (C=O) groups is 4. The maximum Gasteiger partial charge on any atom is 0.347 e. The van der Waals surface area contributed by atoms with E-state index in [4.69, 9.17) is 47.1 Å². The Labute approximate surface area is 454 Å². The van der Waals surface area contributed by atoms with Gasteiger partial charge in [-0.3, -0.25) is 0 Å². The molecule has 11 atom stereocenters. The number of rotatable bonds is 27. The molecule has 16 nitrogen and oxygen atoms in total. The molecule has 2 heterocycles. The monoisotopic (exact) mass is 1080 g/mol. The number of benzene rings is 2. The van der Waals surface area contributed by atoms with E-state index < -0.39 is 96.5 Å². The largest absolute Gasteiger partial charge is 0.497 e. The van der Waals surface area contributed by atoms with Gasteiger partial charge in [0.1, 0.15) is 35.4 Å². The molecule has 2 N–H and O–H groups in total. The van der Waals surface area contributed by atoms with Crippen LogP contribution in [0.1, 0.15) is 148 Å². The van der Waals surface area contributed by atoms with Gasteiger partial charge < -0.3 is 57.3 Å². The van der Waals surface area contributed by atoms with Gasteiger partial charge in [0.2, 0.25) is 11.7 Å². The number of aliphatic hydroxyl groups is 2. The van der Waals surface area contributed by atoms with Gasteiger partial charge in [-0.2, -0.15) is 0 Å². The molecule has 0 amide bonds. The molecule has 2 bridgehead atoms. The van der Waals surface area contributed by atoms with Crippen LogP contribution in [0.5, 0.6) is 5.75 Å². The summed E-state index contributed by atoms with van der Waals surface area (Å²) in [6, 6.07) is 18.7. The van der Waals surface area contributed by atoms with Crippen LogP contribution in [0.25, 0.3) is 0 Å². The van der Waals surface area contributed by atoms with Crippen LogP contribution in [0.4, 0.5) is 0 Å². The molecule has 0 spiro atoms. The Morgan fingerprint density at radius 3 is 1.89 bits per heavy atom. The first-order valence-electron chi connectivity index (χ1n) is 27.3. The molecule has 0 radical (unpaired) electrons. The molecule has 0 saturated carbocycles. The molecule has 2 aliphatic heterocycles. The second kappa shape index (κ2) is 26.6. The van der Waals surface area contributed by atoms with Crippen LogP contribution in [-0.4, -0.2) is 121 Å². The standard InChI is InChI=1S/C59H92O16Si/c1-18-39(5)35-40(6)27-32-46(61)69-49-48(74-76(19-2,20-3)21-4)57(34-33-45(60)47(41(7)36-42-25-23-22-24-26-42)68-38-67-37-43-28-30-44(66-17)31-29-43)70-50(51(62)71-54(8,9)10)58(65,52(63)72-55(11,12)13)59(49,75-57)53(64)73-56(14,15)16/h22-32,39-41,45,47-50,60,65H,18-21,33-38H2,1-17H3/b32-27+/t39-,40+,41+,45?,47-,48+,49+,50+,57-,58+,59-/m0/s1. The molecule has 428 valence electrons. The van der Waals surface area contributed by atoms with E-state index in [-0.39, 0.29) is 38.1 Å². The molecule has 2 fully saturated rings. The first-order chi connectivity index (χ1) is 35.4. The molecule has 76 heavy (non-hydrogen) atoms. The van der Waals surface area contributed by atoms with Crippen molar-refractivity contribution in [3.63, 3.8) is 0 Å². The molecule has 17 heteroatoms. The van der Waals surface area contributed by atoms with Crippen molar-refractivity contribution in [1.82, 2.24) is 0 Å². The third-order valence-corrected chi connectivity index (χ3v) is 18.8. The minimum absolute atomic E-state index is 0.0764. The zero-order valence-corrected chi connectivity index (χ0v) is 49.7. The second-order valence-corrected chi connectivity index (χ2v) is 28.6. The highest BCUT2D eigenvalue weighted by Crippen LogP contribution is 2.59. The van der Waals surface area contributed by atoms with Gasteiger partial charge in [0, 0.05) is 12.5 Å². The van der Waals surface area contributed by atoms with E-state index in [1.54, 1.807) is 75.5 Å². The topological polar surface area (TPSA) is 201 Å². The third kappa shape index (κ3) is 16.2. The number of esters is 4. The van der Waals surface area contributed by atoms with Gasteiger partial charge in [-0.05, 0) is 141 Å². The minimum Gasteiger partial charge on any atom is -0.497 e. The lowest BCUT2D eigenvalue weighted by molar-refractivity contribution is -0.378. The average Bonchev–Trinajstić information content (AvgIpc) is 3.57. The molecule has 2 saturated heterocycles. The Balaban J connectivity index is 2.02. The number of fused-ring (bicyclic) bond motifs is 2. The summed E-state index contributed by atoms with van der Waals surface area (Å²) in [6.07, 6.45) is -3.82. The van der Waals surface area contributed by atoms with Crippen LogP contribution < -0.4 is 4.74 Å². The normalized spacial score (nSPS) is 25.0. The molecule has 1 unspecified atom stereocenters. The Morgan fingerprint density at radius 2 is 1.36 bits per heavy atom. The van der Waals surface area contributed by atoms with E-state index in [0.29, 0.717) is 36.2 Å². The number of methoxy groups -OCH3 is 1. The van der Waals surface area contributed by atoms with Crippen molar-refractivity contribution in [3.05, 3.63) is 77.9 Å². The number of ether oxygens (including phenoxy) is 9. The zero-order valence-electron chi connectivity index (χ0n) is 48.7. The highest BCUT2D eigenvalue weighted by atomic mass is 28.4. The van der Waals surface area contributed by atoms with E-state index in [0.717, 1.165) is 24.0 Å². The lowest BCUT2D eigenvalue weighted by Crippen LogP contribution is -2.79. The smallest absolute Gasteiger partial charge is 0.347 e. The van der Waals surface area contributed by atoms with Crippen molar-refractivity contribution in [3.8, 4) is 5.75 Å². The predicted molar refractivity (Wildman–Crippen MR) is 290 cm³/mol. The van der Waals surface area contributed by atoms with Gasteiger partial charge in [0.05, 0.1) is 25.9 Å². The first-order valence-corrected chi connectivity index (χ1v) is 29.8. The molecule has 0 aromatic heterocycles. The summed E-state index contributed by atoms with van der Waals surface area (Å²) in [5.74, 6) is -6.82. The van der Waals surface area contributed by atoms with Crippen LogP contribution in [0.15, 0.2) is 66.7 Å². The average molecular weight is 1090 g/mol. The fourth-order valence-corrected chi connectivity index (χ4v) is 12.8. The van der Waals surface area contributed by atoms with Crippen LogP contribution in [0.2, 0.25) is 18.1 Å². The van der Waals surface area contributed by atoms with Crippen molar-refractivity contribution in [2.45, 2.75) is 232 Å². The summed E-state index contributed by atoms with van der Waals surface area (Å²) in [5, 5.41) is 26.3. The predicted octanol–water partition coefficient (Wildman–Crippen LogP) is 10.1. The molecule has 2 aliphatic rings. The summed E-state index contributed by atoms with van der Waals surface area (Å²) in [5.41, 5.74) is -8.68. The Kier molecular flexibility index (Phi) is 22.5.